The summed E-state index contributed by atoms with van der Waals surface area (Å²) >= 11 is 0. The molecule has 0 fully saturated rings. The van der Waals surface area contributed by atoms with E-state index >= 15 is 0 Å². The summed E-state index contributed by atoms with van der Waals surface area (Å²) in [4.78, 5) is 0. The van der Waals surface area contributed by atoms with Gasteiger partial charge in [0.25, 0.3) is 0 Å². The first-order valence-electron chi connectivity index (χ1n) is 0. The van der Waals surface area contributed by atoms with Crippen molar-refractivity contribution in [1.82, 2.24) is 0 Å². The fourth-order valence-electron chi connectivity index (χ4n) is 0. The summed E-state index contributed by atoms with van der Waals surface area (Å²) < 4.78 is 0. The maximum Gasteiger partial charge on any atom is 0 e. The molecule has 0 N–H and O–H groups in total. The Morgan fingerprint density at radius 2 is 1.00 bits per heavy atom. The van der Waals surface area contributed by atoms with E-state index in [0.717, 1.165) is 0 Å². The van der Waals surface area contributed by atoms with Gasteiger partial charge in [0, 0.05) is 98.4 Å². The van der Waals surface area contributed by atoms with E-state index in [-0.39, 0.29) is 98.4 Å². The molecule has 0 amide bonds. The average Bonchev–Trinajstić information content (AvgIpc) is 0. The van der Waals surface area contributed by atoms with Crippen molar-refractivity contribution < 1.29 is 98.4 Å². The molecular formula is CeCuVW. The third-order valence-electron chi connectivity index (χ3n) is 0. The topological polar surface area (TPSA) is 0 Å². The van der Waals surface area contributed by atoms with E-state index in [9.17, 15) is 0 Å². The molecule has 2 radical (unpaired) electrons. The van der Waals surface area contributed by atoms with Gasteiger partial charge in [-0.25, -0.2) is 0 Å². The van der Waals surface area contributed by atoms with Crippen LogP contribution in [0.25, 0.3) is 0 Å². The van der Waals surface area contributed by atoms with E-state index in [1.54, 1.807) is 0 Å². The van der Waals surface area contributed by atoms with Gasteiger partial charge in [-0.3, -0.25) is 0 Å². The van der Waals surface area contributed by atoms with Gasteiger partial charge in [-0.05, 0) is 0 Å². The zero-order valence-electron chi connectivity index (χ0n) is 1.66. The van der Waals surface area contributed by atoms with Gasteiger partial charge in [-0.15, -0.1) is 0 Å². The average molecular weight is 438 g/mol. The second-order valence-electron chi connectivity index (χ2n) is 0. The molecule has 0 aromatic carbocycles. The molecule has 0 spiro atoms. The predicted molar refractivity (Wildman–Crippen MR) is 0 cm³/mol. The van der Waals surface area contributed by atoms with E-state index < -0.39 is 0 Å². The van der Waals surface area contributed by atoms with Crippen molar-refractivity contribution >= 4 is 0 Å². The van der Waals surface area contributed by atoms with Crippen LogP contribution >= 0.6 is 0 Å². The quantitative estimate of drug-likeness (QED) is 0.467. The van der Waals surface area contributed by atoms with E-state index in [4.69, 9.17) is 0 Å². The molecule has 0 bridgehead atoms. The molecule has 26 valence electrons. The monoisotopic (exact) mass is 438 g/mol. The van der Waals surface area contributed by atoms with Crippen molar-refractivity contribution in [2.24, 2.45) is 0 Å². The van der Waals surface area contributed by atoms with Gasteiger partial charge in [0.05, 0.1) is 0 Å². The molecular weight excluding hydrogens is 438 g/mol. The number of rotatable bonds is 0. The molecule has 0 unspecified atom stereocenters. The Kier molecular flexibility index (Phi) is 111. The fourth-order valence-corrected chi connectivity index (χ4v) is 0. The zero-order valence-corrected chi connectivity index (χ0v) is 10.1. The Morgan fingerprint density at radius 3 is 1.00 bits per heavy atom. The predicted octanol–water partition coefficient (Wildman–Crippen LogP) is -0.00750. The van der Waals surface area contributed by atoms with Crippen LogP contribution in [-0.2, 0) is 56.7 Å². The van der Waals surface area contributed by atoms with Gasteiger partial charge < -0.3 is 0 Å². The van der Waals surface area contributed by atoms with Gasteiger partial charge in [-0.2, -0.15) is 0 Å². The largest absolute Gasteiger partial charge is 0 e. The molecule has 0 aliphatic carbocycles. The van der Waals surface area contributed by atoms with Crippen LogP contribution in [0.4, 0.5) is 0 Å². The first-order chi connectivity index (χ1) is 0. The third-order valence-corrected chi connectivity index (χ3v) is 0. The van der Waals surface area contributed by atoms with Crippen molar-refractivity contribution in [3.05, 3.63) is 0 Å². The second-order valence-corrected chi connectivity index (χ2v) is 0. The van der Waals surface area contributed by atoms with Crippen LogP contribution < -0.4 is 0 Å². The molecule has 0 rings (SSSR count). The Morgan fingerprint density at radius 1 is 1.00 bits per heavy atom. The van der Waals surface area contributed by atoms with Gasteiger partial charge in [0.2, 0.25) is 0 Å². The molecule has 0 aliphatic rings. The van der Waals surface area contributed by atoms with Crippen molar-refractivity contribution in [2.75, 3.05) is 0 Å². The molecule has 4 heteroatoms. The minimum atomic E-state index is 0. The fraction of sp³-hybridized carbons (Fsp3) is 0. The van der Waals surface area contributed by atoms with Crippen LogP contribution in [0.1, 0.15) is 0 Å². The van der Waals surface area contributed by atoms with Crippen LogP contribution in [-0.4, -0.2) is 0 Å². The smallest absolute Gasteiger partial charge is 0 e. The maximum atomic E-state index is 0. The molecule has 0 saturated carbocycles. The summed E-state index contributed by atoms with van der Waals surface area (Å²) in [6, 6.07) is 0. The SMILES string of the molecule is [Ce].[Cu].[V].[W]. The number of hydrogen-bond donors (Lipinski definition) is 0. The van der Waals surface area contributed by atoms with E-state index in [1.807, 2.05) is 0 Å². The molecule has 4 heavy (non-hydrogen) atoms. The minimum absolute atomic E-state index is 0. The summed E-state index contributed by atoms with van der Waals surface area (Å²) in [7, 11) is 0. The van der Waals surface area contributed by atoms with Crippen molar-refractivity contribution in [1.29, 1.82) is 0 Å². The van der Waals surface area contributed by atoms with Crippen LogP contribution in [0.3, 0.4) is 0 Å². The zero-order chi connectivity index (χ0) is 0. The normalized spacial score (nSPS) is 0. The Labute approximate surface area is 96.2 Å². The summed E-state index contributed by atoms with van der Waals surface area (Å²) in [6.07, 6.45) is 0. The van der Waals surface area contributed by atoms with Crippen molar-refractivity contribution in [3.8, 4) is 0 Å². The van der Waals surface area contributed by atoms with Crippen molar-refractivity contribution in [2.45, 2.75) is 0 Å². The van der Waals surface area contributed by atoms with Crippen LogP contribution in [0.2, 0.25) is 0 Å². The first kappa shape index (κ1) is 27.2. The Hall–Kier alpha value is 3.17. The molecule has 0 atom stereocenters. The molecule has 0 nitrogen and oxygen atoms in total. The minimum Gasteiger partial charge on any atom is 0 e. The van der Waals surface area contributed by atoms with Crippen LogP contribution in [0.15, 0.2) is 0 Å². The van der Waals surface area contributed by atoms with Gasteiger partial charge >= 0.3 is 0 Å². The standard InChI is InChI=1S/Ce.Cu.V.W. The van der Waals surface area contributed by atoms with Gasteiger partial charge in [0.15, 0.2) is 0 Å². The summed E-state index contributed by atoms with van der Waals surface area (Å²) in [5.74, 6) is 0. The molecule has 0 heterocycles. The molecule has 0 aromatic rings. The van der Waals surface area contributed by atoms with Crippen LogP contribution in [0, 0.1) is 41.7 Å². The van der Waals surface area contributed by atoms with E-state index in [0.29, 0.717) is 0 Å². The van der Waals surface area contributed by atoms with Gasteiger partial charge in [-0.1, -0.05) is 0 Å². The molecule has 0 aromatic heterocycles. The van der Waals surface area contributed by atoms with Gasteiger partial charge in [0.1, 0.15) is 0 Å². The second kappa shape index (κ2) is 16.4. The summed E-state index contributed by atoms with van der Waals surface area (Å²) in [5.41, 5.74) is 0. The Balaban J connectivity index is 0. The summed E-state index contributed by atoms with van der Waals surface area (Å²) in [6.45, 7) is 0. The molecule has 0 aliphatic heterocycles. The molecule has 0 saturated heterocycles. The third kappa shape index (κ3) is 8.95. The van der Waals surface area contributed by atoms with Crippen molar-refractivity contribution in [3.63, 3.8) is 0 Å². The Bertz CT molecular complexity index is 8.00. The van der Waals surface area contributed by atoms with Crippen LogP contribution in [0.5, 0.6) is 0 Å². The summed E-state index contributed by atoms with van der Waals surface area (Å²) in [5, 5.41) is 0. The first-order valence-corrected chi connectivity index (χ1v) is 0. The number of hydrogen-bond acceptors (Lipinski definition) is 0. The van der Waals surface area contributed by atoms with E-state index in [1.165, 1.54) is 0 Å². The van der Waals surface area contributed by atoms with E-state index in [2.05, 4.69) is 0 Å². The maximum absolute atomic E-state index is 0.